The molecule has 2 aromatic carbocycles. The van der Waals surface area contributed by atoms with Crippen molar-refractivity contribution in [1.82, 2.24) is 5.01 Å². The van der Waals surface area contributed by atoms with Crippen LogP contribution < -0.4 is 14.8 Å². The lowest BCUT2D eigenvalue weighted by Gasteiger charge is -2.29. The van der Waals surface area contributed by atoms with Crippen LogP contribution in [0.15, 0.2) is 47.6 Å². The lowest BCUT2D eigenvalue weighted by molar-refractivity contribution is -0.133. The average molecular weight is 461 g/mol. The van der Waals surface area contributed by atoms with Gasteiger partial charge in [0.15, 0.2) is 11.5 Å². The summed E-state index contributed by atoms with van der Waals surface area (Å²) in [5.41, 5.74) is 2.54. The third kappa shape index (κ3) is 5.97. The van der Waals surface area contributed by atoms with Gasteiger partial charge in [0.25, 0.3) is 0 Å². The number of hydrogen-bond acceptors (Lipinski definition) is 6. The first kappa shape index (κ1) is 24.0. The fourth-order valence-corrected chi connectivity index (χ4v) is 3.49. The molecule has 0 radical (unpaired) electrons. The predicted octanol–water partition coefficient (Wildman–Crippen LogP) is 4.64. The molecule has 0 aliphatic carbocycles. The zero-order valence-corrected chi connectivity index (χ0v) is 18.5. The standard InChI is InChI=1S/C23H25F2N3O5/c1-4-15-12-20(29)28(13-14-5-8-17(9-6-14)26-23(30)32-3)27-21(15)16-7-10-18(31-2)19(11-16)33-22(24)25/h5-11,15,22H,4,12-13H2,1-3H3,(H,26,30). The van der Waals surface area contributed by atoms with Crippen molar-refractivity contribution < 1.29 is 32.6 Å². The van der Waals surface area contributed by atoms with Gasteiger partial charge in [-0.05, 0) is 42.3 Å². The molecular formula is C23H25F2N3O5. The molecule has 3 rings (SSSR count). The maximum absolute atomic E-state index is 12.8. The summed E-state index contributed by atoms with van der Waals surface area (Å²) in [5, 5.41) is 8.49. The van der Waals surface area contributed by atoms with Crippen molar-refractivity contribution in [3.8, 4) is 11.5 Å². The quantitative estimate of drug-likeness (QED) is 0.619. The molecule has 8 nitrogen and oxygen atoms in total. The molecule has 0 saturated heterocycles. The number of rotatable bonds is 8. The minimum atomic E-state index is -3.00. The summed E-state index contributed by atoms with van der Waals surface area (Å²) < 4.78 is 39.9. The van der Waals surface area contributed by atoms with Crippen molar-refractivity contribution in [1.29, 1.82) is 0 Å². The van der Waals surface area contributed by atoms with Crippen LogP contribution in [-0.2, 0) is 16.1 Å². The van der Waals surface area contributed by atoms with Crippen LogP contribution in [0.1, 0.15) is 30.9 Å². The first-order valence-corrected chi connectivity index (χ1v) is 10.3. The van der Waals surface area contributed by atoms with E-state index in [-0.39, 0.29) is 36.3 Å². The van der Waals surface area contributed by atoms with Crippen LogP contribution in [0.5, 0.6) is 11.5 Å². The number of amides is 2. The third-order valence-electron chi connectivity index (χ3n) is 5.21. The lowest BCUT2D eigenvalue weighted by atomic mass is 9.89. The second-order valence-corrected chi connectivity index (χ2v) is 7.30. The van der Waals surface area contributed by atoms with E-state index in [2.05, 4.69) is 19.9 Å². The molecule has 0 aromatic heterocycles. The number of benzene rings is 2. The number of ether oxygens (including phenoxy) is 3. The van der Waals surface area contributed by atoms with Crippen LogP contribution in [0.2, 0.25) is 0 Å². The Kier molecular flexibility index (Phi) is 7.81. The Hall–Kier alpha value is -3.69. The highest BCUT2D eigenvalue weighted by molar-refractivity contribution is 6.06. The smallest absolute Gasteiger partial charge is 0.411 e. The SMILES string of the molecule is CCC1CC(=O)N(Cc2ccc(NC(=O)OC)cc2)N=C1c1ccc(OC)c(OC(F)F)c1. The van der Waals surface area contributed by atoms with Gasteiger partial charge in [-0.2, -0.15) is 13.9 Å². The molecule has 2 aromatic rings. The lowest BCUT2D eigenvalue weighted by Crippen LogP contribution is -2.36. The molecule has 0 fully saturated rings. The van der Waals surface area contributed by atoms with Gasteiger partial charge in [0.1, 0.15) is 0 Å². The van der Waals surface area contributed by atoms with Gasteiger partial charge >= 0.3 is 12.7 Å². The van der Waals surface area contributed by atoms with Crippen molar-refractivity contribution in [2.45, 2.75) is 32.9 Å². The molecule has 0 saturated carbocycles. The average Bonchev–Trinajstić information content (AvgIpc) is 2.80. The fourth-order valence-electron chi connectivity index (χ4n) is 3.49. The van der Waals surface area contributed by atoms with E-state index in [9.17, 15) is 18.4 Å². The molecular weight excluding hydrogens is 436 g/mol. The van der Waals surface area contributed by atoms with Crippen molar-refractivity contribution in [2.75, 3.05) is 19.5 Å². The molecule has 0 bridgehead atoms. The van der Waals surface area contributed by atoms with Crippen LogP contribution in [-0.4, -0.2) is 43.6 Å². The molecule has 1 unspecified atom stereocenters. The number of halogens is 2. The Morgan fingerprint density at radius 3 is 2.52 bits per heavy atom. The summed E-state index contributed by atoms with van der Waals surface area (Å²) in [7, 11) is 2.64. The Morgan fingerprint density at radius 1 is 1.18 bits per heavy atom. The predicted molar refractivity (Wildman–Crippen MR) is 118 cm³/mol. The number of alkyl halides is 2. The Labute approximate surface area is 190 Å². The molecule has 1 heterocycles. The van der Waals surface area contributed by atoms with E-state index in [1.54, 1.807) is 30.3 Å². The number of nitrogens with zero attached hydrogens (tertiary/aromatic N) is 2. The van der Waals surface area contributed by atoms with Crippen LogP contribution in [0.3, 0.4) is 0 Å². The summed E-state index contributed by atoms with van der Waals surface area (Å²) in [4.78, 5) is 24.0. The van der Waals surface area contributed by atoms with E-state index >= 15 is 0 Å². The van der Waals surface area contributed by atoms with Gasteiger partial charge in [-0.25, -0.2) is 9.80 Å². The second-order valence-electron chi connectivity index (χ2n) is 7.30. The van der Waals surface area contributed by atoms with Gasteiger partial charge < -0.3 is 14.2 Å². The summed E-state index contributed by atoms with van der Waals surface area (Å²) in [6.07, 6.45) is 0.320. The van der Waals surface area contributed by atoms with Gasteiger partial charge in [-0.15, -0.1) is 0 Å². The molecule has 176 valence electrons. The van der Waals surface area contributed by atoms with Crippen molar-refractivity contribution in [2.24, 2.45) is 11.0 Å². The van der Waals surface area contributed by atoms with Crippen LogP contribution in [0.25, 0.3) is 0 Å². The van der Waals surface area contributed by atoms with E-state index in [0.29, 0.717) is 23.4 Å². The van der Waals surface area contributed by atoms with Crippen LogP contribution in [0, 0.1) is 5.92 Å². The maximum atomic E-state index is 12.8. The topological polar surface area (TPSA) is 89.5 Å². The summed E-state index contributed by atoms with van der Waals surface area (Å²) in [5.74, 6) is -0.218. The Bertz CT molecular complexity index is 1030. The largest absolute Gasteiger partial charge is 0.493 e. The van der Waals surface area contributed by atoms with E-state index < -0.39 is 12.7 Å². The van der Waals surface area contributed by atoms with E-state index in [1.165, 1.54) is 31.4 Å². The maximum Gasteiger partial charge on any atom is 0.411 e. The molecule has 1 aliphatic heterocycles. The van der Waals surface area contributed by atoms with Crippen molar-refractivity contribution >= 4 is 23.4 Å². The molecule has 1 N–H and O–H groups in total. The fraction of sp³-hybridized carbons (Fsp3) is 0.348. The summed E-state index contributed by atoms with van der Waals surface area (Å²) >= 11 is 0. The first-order valence-electron chi connectivity index (χ1n) is 10.3. The molecule has 1 atom stereocenters. The summed E-state index contributed by atoms with van der Waals surface area (Å²) in [6.45, 7) is -0.844. The number of anilines is 1. The van der Waals surface area contributed by atoms with Crippen LogP contribution in [0.4, 0.5) is 19.3 Å². The van der Waals surface area contributed by atoms with Gasteiger partial charge in [-0.1, -0.05) is 19.1 Å². The van der Waals surface area contributed by atoms with Gasteiger partial charge in [0.2, 0.25) is 5.91 Å². The molecule has 0 spiro atoms. The normalized spacial score (nSPS) is 15.8. The van der Waals surface area contributed by atoms with Crippen LogP contribution >= 0.6 is 0 Å². The monoisotopic (exact) mass is 461 g/mol. The highest BCUT2D eigenvalue weighted by Gasteiger charge is 2.30. The number of carbonyl (C=O) groups excluding carboxylic acids is 2. The number of carbonyl (C=O) groups is 2. The molecule has 33 heavy (non-hydrogen) atoms. The zero-order valence-electron chi connectivity index (χ0n) is 18.5. The highest BCUT2D eigenvalue weighted by Crippen LogP contribution is 2.33. The minimum Gasteiger partial charge on any atom is -0.493 e. The summed E-state index contributed by atoms with van der Waals surface area (Å²) in [6, 6.07) is 11.6. The third-order valence-corrected chi connectivity index (χ3v) is 5.21. The van der Waals surface area contributed by atoms with Crippen molar-refractivity contribution in [3.05, 3.63) is 53.6 Å². The second kappa shape index (κ2) is 10.8. The highest BCUT2D eigenvalue weighted by atomic mass is 19.3. The van der Waals surface area contributed by atoms with E-state index in [1.807, 2.05) is 6.92 Å². The number of nitrogens with one attached hydrogen (secondary N) is 1. The Morgan fingerprint density at radius 2 is 1.91 bits per heavy atom. The van der Waals surface area contributed by atoms with Gasteiger partial charge in [0.05, 0.1) is 26.5 Å². The first-order chi connectivity index (χ1) is 15.8. The minimum absolute atomic E-state index is 0.0975. The molecule has 2 amide bonds. The van der Waals surface area contributed by atoms with E-state index in [0.717, 1.165) is 5.56 Å². The molecule has 1 aliphatic rings. The molecule has 10 heteroatoms. The van der Waals surface area contributed by atoms with Gasteiger partial charge in [-0.3, -0.25) is 10.1 Å². The Balaban J connectivity index is 1.87. The zero-order chi connectivity index (χ0) is 24.0. The van der Waals surface area contributed by atoms with Gasteiger partial charge in [0, 0.05) is 23.6 Å². The van der Waals surface area contributed by atoms with Crippen molar-refractivity contribution in [3.63, 3.8) is 0 Å². The number of hydrazone groups is 1. The van der Waals surface area contributed by atoms with E-state index in [4.69, 9.17) is 4.74 Å². The number of hydrogen-bond donors (Lipinski definition) is 1. The number of methoxy groups -OCH3 is 2.